The third kappa shape index (κ3) is 11.3. The number of hydrogen-bond acceptors (Lipinski definition) is 6. The molecule has 0 aromatic rings. The van der Waals surface area contributed by atoms with Gasteiger partial charge in [0.25, 0.3) is 21.0 Å². The van der Waals surface area contributed by atoms with Crippen LogP contribution >= 0.6 is 0 Å². The first-order valence-corrected chi connectivity index (χ1v) is 7.66. The standard InChI is InChI=1S/C6H12F2N2.2FHO3S/c7-9-1-2-10(8,5-3-9)6-4-9;2*1-5(2,3)4/h1-6H2;2*(H,2,3,4)/q+2;;/p-2. The fraction of sp³-hybridized carbons (Fsp3) is 1.00. The van der Waals surface area contributed by atoms with Crippen LogP contribution in [0.15, 0.2) is 0 Å². The molecule has 0 amide bonds. The van der Waals surface area contributed by atoms with E-state index in [9.17, 15) is 16.7 Å². The Bertz CT molecular complexity index is 435. The van der Waals surface area contributed by atoms with E-state index in [4.69, 9.17) is 25.9 Å². The van der Waals surface area contributed by atoms with E-state index in [1.807, 2.05) is 0 Å². The van der Waals surface area contributed by atoms with Gasteiger partial charge in [0.1, 0.15) is 0 Å². The summed E-state index contributed by atoms with van der Waals surface area (Å²) in [5.74, 6) is 0. The molecular weight excluding hydrogens is 336 g/mol. The summed E-state index contributed by atoms with van der Waals surface area (Å²) >= 11 is 0. The molecule has 0 aromatic carbocycles. The van der Waals surface area contributed by atoms with Gasteiger partial charge < -0.3 is 9.11 Å². The van der Waals surface area contributed by atoms with Crippen molar-refractivity contribution in [3.63, 3.8) is 0 Å². The lowest BCUT2D eigenvalue weighted by molar-refractivity contribution is -1.19. The number of piperazine rings is 3. The number of hydrogen-bond donors (Lipinski definition) is 0. The van der Waals surface area contributed by atoms with E-state index in [2.05, 4.69) is 0 Å². The van der Waals surface area contributed by atoms with Gasteiger partial charge in [-0.1, -0.05) is 0 Å². The molecule has 0 atom stereocenters. The minimum absolute atomic E-state index is 0.372. The van der Waals surface area contributed by atoms with Gasteiger partial charge in [0.05, 0.1) is 0 Å². The second kappa shape index (κ2) is 6.48. The van der Waals surface area contributed by atoms with Crippen molar-refractivity contribution in [2.75, 3.05) is 39.3 Å². The Hall–Kier alpha value is -0.540. The van der Waals surface area contributed by atoms with Gasteiger partial charge in [-0.25, -0.2) is 16.8 Å². The van der Waals surface area contributed by atoms with Crippen LogP contribution in [0, 0.1) is 0 Å². The highest BCUT2D eigenvalue weighted by molar-refractivity contribution is 7.80. The van der Waals surface area contributed by atoms with Gasteiger partial charge >= 0.3 is 0 Å². The van der Waals surface area contributed by atoms with Crippen molar-refractivity contribution in [2.45, 2.75) is 0 Å². The topological polar surface area (TPSA) is 114 Å². The normalized spacial score (nSPS) is 32.5. The lowest BCUT2D eigenvalue weighted by atomic mass is 10.2. The predicted molar refractivity (Wildman–Crippen MR) is 53.5 cm³/mol. The molecule has 2 bridgehead atoms. The lowest BCUT2D eigenvalue weighted by Crippen LogP contribution is -2.68. The molecule has 3 aliphatic rings. The Morgan fingerprint density at radius 3 is 0.850 bits per heavy atom. The average molecular weight is 348 g/mol. The summed E-state index contributed by atoms with van der Waals surface area (Å²) in [5.41, 5.74) is 0. The quantitative estimate of drug-likeness (QED) is 0.246. The maximum absolute atomic E-state index is 13.3. The van der Waals surface area contributed by atoms with E-state index in [-0.39, 0.29) is 9.41 Å². The summed E-state index contributed by atoms with van der Waals surface area (Å²) in [6, 6.07) is 0. The predicted octanol–water partition coefficient (Wildman–Crippen LogP) is -0.752. The van der Waals surface area contributed by atoms with Crippen molar-refractivity contribution in [1.29, 1.82) is 0 Å². The lowest BCUT2D eigenvalue weighted by Gasteiger charge is -2.42. The molecule has 20 heavy (non-hydrogen) atoms. The van der Waals surface area contributed by atoms with Gasteiger partial charge in [0.15, 0.2) is 39.3 Å². The van der Waals surface area contributed by atoms with Gasteiger partial charge in [-0.15, -0.1) is 17.2 Å². The van der Waals surface area contributed by atoms with Crippen LogP contribution in [0.25, 0.3) is 0 Å². The van der Waals surface area contributed by atoms with E-state index in [0.29, 0.717) is 39.3 Å². The Balaban J connectivity index is 0.000000310. The van der Waals surface area contributed by atoms with Crippen LogP contribution in [0.1, 0.15) is 0 Å². The van der Waals surface area contributed by atoms with Crippen molar-refractivity contribution in [3.05, 3.63) is 0 Å². The molecular formula is C6H12F4N2O6S2. The van der Waals surface area contributed by atoms with Crippen LogP contribution in [0.2, 0.25) is 0 Å². The molecule has 0 saturated carbocycles. The van der Waals surface area contributed by atoms with Crippen molar-refractivity contribution in [3.8, 4) is 0 Å². The number of quaternary nitrogens is 2. The monoisotopic (exact) mass is 348 g/mol. The smallest absolute Gasteiger partial charge is 0.255 e. The fourth-order valence-electron chi connectivity index (χ4n) is 1.75. The number of rotatable bonds is 0. The van der Waals surface area contributed by atoms with Crippen molar-refractivity contribution in [2.24, 2.45) is 0 Å². The first kappa shape index (κ1) is 19.5. The molecule has 0 spiro atoms. The summed E-state index contributed by atoms with van der Waals surface area (Å²) < 4.78 is 96.4. The number of fused-ring (bicyclic) bond motifs is 3. The zero-order valence-corrected chi connectivity index (χ0v) is 11.5. The van der Waals surface area contributed by atoms with Crippen molar-refractivity contribution < 1.29 is 52.1 Å². The second-order valence-corrected chi connectivity index (χ2v) is 5.76. The molecule has 0 unspecified atom stereocenters. The summed E-state index contributed by atoms with van der Waals surface area (Å²) in [6.45, 7) is 2.23. The molecule has 14 heteroatoms. The maximum Gasteiger partial charge on any atom is 0.255 e. The van der Waals surface area contributed by atoms with Gasteiger partial charge in [-0.3, -0.25) is 0 Å². The fourth-order valence-corrected chi connectivity index (χ4v) is 1.75. The molecule has 3 fully saturated rings. The molecule has 122 valence electrons. The number of halogens is 4. The zero-order chi connectivity index (χ0) is 16.2. The van der Waals surface area contributed by atoms with E-state index in [1.54, 1.807) is 0 Å². The van der Waals surface area contributed by atoms with Gasteiger partial charge in [0.2, 0.25) is 0 Å². The molecule has 0 N–H and O–H groups in total. The van der Waals surface area contributed by atoms with Crippen LogP contribution in [0.5, 0.6) is 0 Å². The average Bonchev–Trinajstić information content (AvgIpc) is 2.16. The molecule has 0 aliphatic carbocycles. The Morgan fingerprint density at radius 1 is 0.650 bits per heavy atom. The molecule has 3 aliphatic heterocycles. The van der Waals surface area contributed by atoms with E-state index < -0.39 is 21.0 Å². The molecule has 3 saturated heterocycles. The first-order valence-electron chi connectivity index (χ1n) is 5.04. The van der Waals surface area contributed by atoms with Crippen molar-refractivity contribution in [1.82, 2.24) is 0 Å². The SMILES string of the molecule is F[N+]12CC[N+](F)(CC1)CC2.O=S(=O)([O-])F.O=S(=O)([O-])F. The Kier molecular flexibility index (Phi) is 6.31. The third-order valence-electron chi connectivity index (χ3n) is 2.70. The van der Waals surface area contributed by atoms with Gasteiger partial charge in [-0.2, -0.15) is 0 Å². The second-order valence-electron chi connectivity index (χ2n) is 4.19. The molecule has 8 nitrogen and oxygen atoms in total. The summed E-state index contributed by atoms with van der Waals surface area (Å²) in [5, 5.41) is 0. The molecule has 0 radical (unpaired) electrons. The van der Waals surface area contributed by atoms with Gasteiger partial charge in [0, 0.05) is 0 Å². The van der Waals surface area contributed by atoms with E-state index >= 15 is 0 Å². The minimum Gasteiger partial charge on any atom is -0.722 e. The Morgan fingerprint density at radius 2 is 0.750 bits per heavy atom. The zero-order valence-electron chi connectivity index (χ0n) is 9.91. The highest BCUT2D eigenvalue weighted by Gasteiger charge is 2.52. The van der Waals surface area contributed by atoms with Gasteiger partial charge in [-0.05, 0) is 8.96 Å². The first-order chi connectivity index (χ1) is 8.62. The number of nitrogens with zero attached hydrogens (tertiary/aromatic N) is 2. The highest BCUT2D eigenvalue weighted by Crippen LogP contribution is 2.26. The van der Waals surface area contributed by atoms with Crippen LogP contribution in [-0.2, 0) is 21.0 Å². The summed E-state index contributed by atoms with van der Waals surface area (Å²) in [7, 11) is -10.8. The van der Waals surface area contributed by atoms with Crippen LogP contribution < -0.4 is 0 Å². The summed E-state index contributed by atoms with van der Waals surface area (Å²) in [6.07, 6.45) is 0. The Labute approximate surface area is 113 Å². The van der Waals surface area contributed by atoms with Crippen LogP contribution in [0.3, 0.4) is 0 Å². The largest absolute Gasteiger partial charge is 0.722 e. The maximum atomic E-state index is 13.3. The van der Waals surface area contributed by atoms with Crippen LogP contribution in [-0.4, -0.2) is 74.6 Å². The van der Waals surface area contributed by atoms with Crippen LogP contribution in [0.4, 0.5) is 16.7 Å². The third-order valence-corrected chi connectivity index (χ3v) is 2.70. The van der Waals surface area contributed by atoms with E-state index in [1.165, 1.54) is 0 Å². The van der Waals surface area contributed by atoms with E-state index in [0.717, 1.165) is 0 Å². The molecule has 3 heterocycles. The molecule has 3 rings (SSSR count). The minimum atomic E-state index is -5.42. The van der Waals surface area contributed by atoms with Crippen molar-refractivity contribution >= 4 is 21.0 Å². The molecule has 0 aromatic heterocycles. The summed E-state index contributed by atoms with van der Waals surface area (Å²) in [4.78, 5) is 0. The highest BCUT2D eigenvalue weighted by atomic mass is 32.3.